The molecule has 1 saturated heterocycles. The zero-order valence-electron chi connectivity index (χ0n) is 15.5. The second kappa shape index (κ2) is 8.38. The summed E-state index contributed by atoms with van der Waals surface area (Å²) in [5.41, 5.74) is 2.82. The number of likely N-dealkylation sites (tertiary alicyclic amines) is 1. The standard InChI is InChI=1S/C24H23NO3/c26-22(20-14-8-3-9-15-20)21-23(28-17-19-12-6-2-7-13-19)24(27)25(21)16-18-10-4-1-5-11-18/h1-15,21-23,26H,16-17H2/t21-,22+,23+/m0/s1. The molecule has 0 aromatic heterocycles. The highest BCUT2D eigenvalue weighted by Gasteiger charge is 2.51. The molecule has 4 nitrogen and oxygen atoms in total. The molecule has 0 radical (unpaired) electrons. The maximum Gasteiger partial charge on any atom is 0.254 e. The van der Waals surface area contributed by atoms with E-state index in [-0.39, 0.29) is 5.91 Å². The highest BCUT2D eigenvalue weighted by atomic mass is 16.5. The van der Waals surface area contributed by atoms with E-state index in [4.69, 9.17) is 4.74 Å². The minimum absolute atomic E-state index is 0.0836. The van der Waals surface area contributed by atoms with E-state index in [0.29, 0.717) is 13.2 Å². The van der Waals surface area contributed by atoms with Crippen molar-refractivity contribution in [2.24, 2.45) is 0 Å². The number of rotatable bonds is 7. The molecular formula is C24H23NO3. The Balaban J connectivity index is 1.53. The molecule has 1 aliphatic heterocycles. The number of hydrogen-bond acceptors (Lipinski definition) is 3. The molecule has 4 heteroatoms. The van der Waals surface area contributed by atoms with Crippen molar-refractivity contribution in [3.05, 3.63) is 108 Å². The van der Waals surface area contributed by atoms with Crippen LogP contribution in [0.1, 0.15) is 22.8 Å². The maximum absolute atomic E-state index is 12.8. The quantitative estimate of drug-likeness (QED) is 0.642. The first kappa shape index (κ1) is 18.4. The molecule has 0 aliphatic carbocycles. The highest BCUT2D eigenvalue weighted by Crippen LogP contribution is 2.35. The minimum atomic E-state index is -0.802. The summed E-state index contributed by atoms with van der Waals surface area (Å²) < 4.78 is 5.95. The molecule has 3 aromatic carbocycles. The van der Waals surface area contributed by atoms with Crippen LogP contribution >= 0.6 is 0 Å². The van der Waals surface area contributed by atoms with Gasteiger partial charge in [0.2, 0.25) is 0 Å². The number of β-lactam (4-membered cyclic amide) rings is 1. The molecule has 1 heterocycles. The van der Waals surface area contributed by atoms with Crippen LogP contribution in [-0.2, 0) is 22.7 Å². The van der Waals surface area contributed by atoms with Crippen LogP contribution in [0.25, 0.3) is 0 Å². The van der Waals surface area contributed by atoms with Crippen LogP contribution in [0.3, 0.4) is 0 Å². The van der Waals surface area contributed by atoms with Crippen LogP contribution in [0.5, 0.6) is 0 Å². The van der Waals surface area contributed by atoms with Crippen molar-refractivity contribution in [2.75, 3.05) is 0 Å². The van der Waals surface area contributed by atoms with Gasteiger partial charge < -0.3 is 14.7 Å². The van der Waals surface area contributed by atoms with Gasteiger partial charge in [-0.1, -0.05) is 91.0 Å². The van der Waals surface area contributed by atoms with Gasteiger partial charge in [0.1, 0.15) is 6.10 Å². The average Bonchev–Trinajstić information content (AvgIpc) is 2.76. The Bertz CT molecular complexity index is 899. The summed E-state index contributed by atoms with van der Waals surface area (Å²) in [4.78, 5) is 14.5. The van der Waals surface area contributed by atoms with E-state index in [1.807, 2.05) is 91.0 Å². The summed E-state index contributed by atoms with van der Waals surface area (Å²) in [5, 5.41) is 11.0. The second-order valence-corrected chi connectivity index (χ2v) is 7.02. The normalized spacial score (nSPS) is 19.9. The summed E-state index contributed by atoms with van der Waals surface area (Å²) in [6.07, 6.45) is -1.46. The smallest absolute Gasteiger partial charge is 0.254 e. The second-order valence-electron chi connectivity index (χ2n) is 7.02. The lowest BCUT2D eigenvalue weighted by atomic mass is 9.88. The van der Waals surface area contributed by atoms with Crippen molar-refractivity contribution in [2.45, 2.75) is 31.4 Å². The van der Waals surface area contributed by atoms with Crippen LogP contribution < -0.4 is 0 Å². The van der Waals surface area contributed by atoms with E-state index in [0.717, 1.165) is 16.7 Å². The Morgan fingerprint density at radius 1 is 0.821 bits per heavy atom. The van der Waals surface area contributed by atoms with Gasteiger partial charge in [0.25, 0.3) is 5.91 Å². The molecule has 1 fully saturated rings. The summed E-state index contributed by atoms with van der Waals surface area (Å²) in [6.45, 7) is 0.799. The summed E-state index contributed by atoms with van der Waals surface area (Å²) in [6, 6.07) is 28.6. The SMILES string of the molecule is O=C1[C@H](OCc2ccccc2)[C@H]([C@H](O)c2ccccc2)N1Cc1ccccc1. The lowest BCUT2D eigenvalue weighted by Gasteiger charge is -2.48. The Morgan fingerprint density at radius 2 is 1.36 bits per heavy atom. The predicted octanol–water partition coefficient (Wildman–Crippen LogP) is 3.72. The zero-order valence-corrected chi connectivity index (χ0v) is 15.5. The fourth-order valence-electron chi connectivity index (χ4n) is 3.61. The number of nitrogens with zero attached hydrogens (tertiary/aromatic N) is 1. The summed E-state index contributed by atoms with van der Waals surface area (Å²) in [5.74, 6) is -0.0836. The number of ether oxygens (including phenoxy) is 1. The molecule has 0 unspecified atom stereocenters. The fourth-order valence-corrected chi connectivity index (χ4v) is 3.61. The Labute approximate surface area is 165 Å². The zero-order chi connectivity index (χ0) is 19.3. The molecule has 28 heavy (non-hydrogen) atoms. The number of benzene rings is 3. The molecule has 4 rings (SSSR count). The van der Waals surface area contributed by atoms with Crippen molar-refractivity contribution in [1.29, 1.82) is 0 Å². The molecule has 0 spiro atoms. The van der Waals surface area contributed by atoms with E-state index in [2.05, 4.69) is 0 Å². The Morgan fingerprint density at radius 3 is 1.96 bits per heavy atom. The van der Waals surface area contributed by atoms with E-state index in [1.54, 1.807) is 4.90 Å². The van der Waals surface area contributed by atoms with Crippen molar-refractivity contribution < 1.29 is 14.6 Å². The first-order valence-corrected chi connectivity index (χ1v) is 9.47. The van der Waals surface area contributed by atoms with Crippen LogP contribution in [0.4, 0.5) is 0 Å². The van der Waals surface area contributed by atoms with E-state index >= 15 is 0 Å². The molecule has 0 saturated carbocycles. The number of aliphatic hydroxyl groups excluding tert-OH is 1. The van der Waals surface area contributed by atoms with Gasteiger partial charge in [0.05, 0.1) is 12.6 Å². The largest absolute Gasteiger partial charge is 0.386 e. The van der Waals surface area contributed by atoms with Gasteiger partial charge >= 0.3 is 0 Å². The van der Waals surface area contributed by atoms with Crippen LogP contribution in [0, 0.1) is 0 Å². The average molecular weight is 373 g/mol. The van der Waals surface area contributed by atoms with Crippen molar-refractivity contribution in [3.8, 4) is 0 Å². The van der Waals surface area contributed by atoms with E-state index < -0.39 is 18.2 Å². The van der Waals surface area contributed by atoms with Gasteiger partial charge in [0.15, 0.2) is 6.10 Å². The fraction of sp³-hybridized carbons (Fsp3) is 0.208. The highest BCUT2D eigenvalue weighted by molar-refractivity contribution is 5.88. The first-order chi connectivity index (χ1) is 13.7. The van der Waals surface area contributed by atoms with Gasteiger partial charge in [0, 0.05) is 6.54 Å². The van der Waals surface area contributed by atoms with Crippen molar-refractivity contribution in [3.63, 3.8) is 0 Å². The van der Waals surface area contributed by atoms with Gasteiger partial charge in [-0.2, -0.15) is 0 Å². The van der Waals surface area contributed by atoms with Gasteiger partial charge in [-0.15, -0.1) is 0 Å². The lowest BCUT2D eigenvalue weighted by Crippen LogP contribution is -2.67. The molecule has 1 N–H and O–H groups in total. The Hall–Kier alpha value is -2.95. The minimum Gasteiger partial charge on any atom is -0.386 e. The third kappa shape index (κ3) is 3.84. The summed E-state index contributed by atoms with van der Waals surface area (Å²) >= 11 is 0. The number of carbonyl (C=O) groups is 1. The Kier molecular flexibility index (Phi) is 5.51. The van der Waals surface area contributed by atoms with Crippen LogP contribution in [-0.4, -0.2) is 28.1 Å². The van der Waals surface area contributed by atoms with E-state index in [1.165, 1.54) is 0 Å². The maximum atomic E-state index is 12.8. The molecular weight excluding hydrogens is 350 g/mol. The van der Waals surface area contributed by atoms with E-state index in [9.17, 15) is 9.90 Å². The summed E-state index contributed by atoms with van der Waals surface area (Å²) in [7, 11) is 0. The van der Waals surface area contributed by atoms with Gasteiger partial charge in [-0.3, -0.25) is 4.79 Å². The number of aliphatic hydroxyl groups is 1. The topological polar surface area (TPSA) is 49.8 Å². The van der Waals surface area contributed by atoms with Crippen molar-refractivity contribution >= 4 is 5.91 Å². The van der Waals surface area contributed by atoms with Crippen molar-refractivity contribution in [1.82, 2.24) is 4.90 Å². The molecule has 3 aromatic rings. The monoisotopic (exact) mass is 373 g/mol. The molecule has 1 aliphatic rings. The third-order valence-electron chi connectivity index (χ3n) is 5.13. The number of hydrogen-bond donors (Lipinski definition) is 1. The predicted molar refractivity (Wildman–Crippen MR) is 107 cm³/mol. The third-order valence-corrected chi connectivity index (χ3v) is 5.13. The first-order valence-electron chi connectivity index (χ1n) is 9.47. The molecule has 3 atom stereocenters. The lowest BCUT2D eigenvalue weighted by molar-refractivity contribution is -0.189. The molecule has 1 amide bonds. The number of carbonyl (C=O) groups excluding carboxylic acids is 1. The van der Waals surface area contributed by atoms with Gasteiger partial charge in [-0.05, 0) is 16.7 Å². The molecule has 142 valence electrons. The van der Waals surface area contributed by atoms with Gasteiger partial charge in [-0.25, -0.2) is 0 Å². The number of amides is 1. The molecule has 0 bridgehead atoms. The van der Waals surface area contributed by atoms with Crippen LogP contribution in [0.15, 0.2) is 91.0 Å². The van der Waals surface area contributed by atoms with Crippen LogP contribution in [0.2, 0.25) is 0 Å².